The van der Waals surface area contributed by atoms with Gasteiger partial charge >= 0.3 is 0 Å². The minimum absolute atomic E-state index is 0.0393. The van der Waals surface area contributed by atoms with Crippen molar-refractivity contribution in [1.82, 2.24) is 4.98 Å². The average Bonchev–Trinajstić information content (AvgIpc) is 2.41. The SMILES string of the molecule is Cc1ccc(NC(CN)c2cccnc2)cc1Cl. The van der Waals surface area contributed by atoms with Crippen LogP contribution in [-0.2, 0) is 0 Å². The Balaban J connectivity index is 2.18. The topological polar surface area (TPSA) is 50.9 Å². The van der Waals surface area contributed by atoms with Gasteiger partial charge in [-0.15, -0.1) is 0 Å². The van der Waals surface area contributed by atoms with Crippen molar-refractivity contribution in [2.45, 2.75) is 13.0 Å². The lowest BCUT2D eigenvalue weighted by Gasteiger charge is -2.18. The molecule has 1 unspecified atom stereocenters. The zero-order chi connectivity index (χ0) is 13.0. The van der Waals surface area contributed by atoms with Crippen LogP contribution in [0.1, 0.15) is 17.2 Å². The molecule has 3 N–H and O–H groups in total. The summed E-state index contributed by atoms with van der Waals surface area (Å²) in [6.45, 7) is 2.48. The number of benzene rings is 1. The number of nitrogens with two attached hydrogens (primary N) is 1. The smallest absolute Gasteiger partial charge is 0.0651 e. The van der Waals surface area contributed by atoms with Crippen molar-refractivity contribution < 1.29 is 0 Å². The summed E-state index contributed by atoms with van der Waals surface area (Å²) in [5.41, 5.74) is 8.89. The molecule has 1 aromatic heterocycles. The summed E-state index contributed by atoms with van der Waals surface area (Å²) >= 11 is 6.10. The van der Waals surface area contributed by atoms with Crippen LogP contribution in [0.3, 0.4) is 0 Å². The number of nitrogens with one attached hydrogen (secondary N) is 1. The molecule has 1 aromatic carbocycles. The summed E-state index contributed by atoms with van der Waals surface area (Å²) in [6, 6.07) is 9.85. The molecule has 0 spiro atoms. The molecule has 0 aliphatic rings. The predicted molar refractivity (Wildman–Crippen MR) is 75.8 cm³/mol. The molecule has 0 amide bonds. The number of halogens is 1. The minimum Gasteiger partial charge on any atom is -0.377 e. The Morgan fingerprint density at radius 1 is 1.39 bits per heavy atom. The van der Waals surface area contributed by atoms with Crippen LogP contribution in [0.15, 0.2) is 42.7 Å². The number of pyridine rings is 1. The summed E-state index contributed by atoms with van der Waals surface area (Å²) < 4.78 is 0. The molecule has 0 saturated carbocycles. The first-order valence-corrected chi connectivity index (χ1v) is 6.21. The van der Waals surface area contributed by atoms with Crippen LogP contribution in [-0.4, -0.2) is 11.5 Å². The van der Waals surface area contributed by atoms with E-state index in [1.807, 2.05) is 43.5 Å². The van der Waals surface area contributed by atoms with Gasteiger partial charge in [-0.1, -0.05) is 23.7 Å². The van der Waals surface area contributed by atoms with Gasteiger partial charge in [0.2, 0.25) is 0 Å². The van der Waals surface area contributed by atoms with Crippen LogP contribution >= 0.6 is 11.6 Å². The molecule has 0 saturated heterocycles. The Kier molecular flexibility index (Phi) is 4.18. The lowest BCUT2D eigenvalue weighted by Crippen LogP contribution is -2.20. The molecule has 0 radical (unpaired) electrons. The molecular formula is C14H16ClN3. The minimum atomic E-state index is 0.0393. The third kappa shape index (κ3) is 3.00. The van der Waals surface area contributed by atoms with Gasteiger partial charge in [0.1, 0.15) is 0 Å². The number of anilines is 1. The Hall–Kier alpha value is -1.58. The van der Waals surface area contributed by atoms with Crippen LogP contribution in [0.25, 0.3) is 0 Å². The van der Waals surface area contributed by atoms with Crippen molar-refractivity contribution in [3.8, 4) is 0 Å². The number of nitrogens with zero attached hydrogens (tertiary/aromatic N) is 1. The average molecular weight is 262 g/mol. The fourth-order valence-electron chi connectivity index (χ4n) is 1.74. The highest BCUT2D eigenvalue weighted by Crippen LogP contribution is 2.23. The molecule has 1 heterocycles. The molecule has 4 heteroatoms. The van der Waals surface area contributed by atoms with E-state index in [1.165, 1.54) is 0 Å². The summed E-state index contributed by atoms with van der Waals surface area (Å²) in [5, 5.41) is 4.12. The second-order valence-corrected chi connectivity index (χ2v) is 4.59. The number of hydrogen-bond acceptors (Lipinski definition) is 3. The van der Waals surface area contributed by atoms with Crippen molar-refractivity contribution in [1.29, 1.82) is 0 Å². The maximum atomic E-state index is 6.10. The van der Waals surface area contributed by atoms with E-state index in [2.05, 4.69) is 10.3 Å². The molecule has 2 aromatic rings. The monoisotopic (exact) mass is 261 g/mol. The Morgan fingerprint density at radius 3 is 2.83 bits per heavy atom. The van der Waals surface area contributed by atoms with Crippen molar-refractivity contribution in [2.24, 2.45) is 5.73 Å². The van der Waals surface area contributed by atoms with E-state index in [0.717, 1.165) is 21.8 Å². The maximum Gasteiger partial charge on any atom is 0.0651 e. The van der Waals surface area contributed by atoms with Crippen molar-refractivity contribution in [3.63, 3.8) is 0 Å². The van der Waals surface area contributed by atoms with Crippen LogP contribution in [0.5, 0.6) is 0 Å². The largest absolute Gasteiger partial charge is 0.377 e. The van der Waals surface area contributed by atoms with Crippen LogP contribution in [0.2, 0.25) is 5.02 Å². The van der Waals surface area contributed by atoms with Gasteiger partial charge in [0.15, 0.2) is 0 Å². The molecule has 2 rings (SSSR count). The quantitative estimate of drug-likeness (QED) is 0.889. The first-order chi connectivity index (χ1) is 8.70. The first-order valence-electron chi connectivity index (χ1n) is 5.83. The third-order valence-electron chi connectivity index (χ3n) is 2.84. The Bertz CT molecular complexity index is 514. The second kappa shape index (κ2) is 5.85. The summed E-state index contributed by atoms with van der Waals surface area (Å²) in [5.74, 6) is 0. The molecule has 0 aliphatic carbocycles. The van der Waals surface area contributed by atoms with Gasteiger partial charge in [-0.2, -0.15) is 0 Å². The van der Waals surface area contributed by atoms with E-state index >= 15 is 0 Å². The fraction of sp³-hybridized carbons (Fsp3) is 0.214. The summed E-state index contributed by atoms with van der Waals surface area (Å²) in [4.78, 5) is 4.11. The van der Waals surface area contributed by atoms with Gasteiger partial charge in [0, 0.05) is 29.6 Å². The van der Waals surface area contributed by atoms with E-state index in [-0.39, 0.29) is 6.04 Å². The summed E-state index contributed by atoms with van der Waals surface area (Å²) in [7, 11) is 0. The standard InChI is InChI=1S/C14H16ClN3/c1-10-4-5-12(7-13(10)15)18-14(8-16)11-3-2-6-17-9-11/h2-7,9,14,18H,8,16H2,1H3. The molecule has 3 nitrogen and oxygen atoms in total. The van der Waals surface area contributed by atoms with E-state index in [9.17, 15) is 0 Å². The normalized spacial score (nSPS) is 12.2. The van der Waals surface area contributed by atoms with E-state index in [0.29, 0.717) is 6.54 Å². The Morgan fingerprint density at radius 2 is 2.22 bits per heavy atom. The van der Waals surface area contributed by atoms with Gasteiger partial charge in [0.25, 0.3) is 0 Å². The fourth-order valence-corrected chi connectivity index (χ4v) is 1.92. The number of rotatable bonds is 4. The summed E-state index contributed by atoms with van der Waals surface area (Å²) in [6.07, 6.45) is 3.57. The molecule has 1 atom stereocenters. The maximum absolute atomic E-state index is 6.10. The highest BCUT2D eigenvalue weighted by atomic mass is 35.5. The zero-order valence-corrected chi connectivity index (χ0v) is 11.0. The lowest BCUT2D eigenvalue weighted by atomic mass is 10.1. The zero-order valence-electron chi connectivity index (χ0n) is 10.2. The third-order valence-corrected chi connectivity index (χ3v) is 3.24. The highest BCUT2D eigenvalue weighted by molar-refractivity contribution is 6.31. The van der Waals surface area contributed by atoms with Crippen molar-refractivity contribution in [2.75, 3.05) is 11.9 Å². The van der Waals surface area contributed by atoms with Gasteiger partial charge in [0.05, 0.1) is 6.04 Å². The van der Waals surface area contributed by atoms with Crippen molar-refractivity contribution in [3.05, 3.63) is 58.9 Å². The first kappa shape index (κ1) is 12.9. The second-order valence-electron chi connectivity index (χ2n) is 4.18. The lowest BCUT2D eigenvalue weighted by molar-refractivity contribution is 0.785. The van der Waals surface area contributed by atoms with Crippen LogP contribution in [0.4, 0.5) is 5.69 Å². The predicted octanol–water partition coefficient (Wildman–Crippen LogP) is 3.16. The van der Waals surface area contributed by atoms with Gasteiger partial charge < -0.3 is 11.1 Å². The van der Waals surface area contributed by atoms with E-state index < -0.39 is 0 Å². The van der Waals surface area contributed by atoms with E-state index in [1.54, 1.807) is 6.20 Å². The highest BCUT2D eigenvalue weighted by Gasteiger charge is 2.09. The van der Waals surface area contributed by atoms with Crippen LogP contribution in [0, 0.1) is 6.92 Å². The van der Waals surface area contributed by atoms with Gasteiger partial charge in [-0.05, 0) is 36.2 Å². The molecule has 94 valence electrons. The van der Waals surface area contributed by atoms with Gasteiger partial charge in [-0.3, -0.25) is 4.98 Å². The number of aryl methyl sites for hydroxylation is 1. The van der Waals surface area contributed by atoms with Crippen LogP contribution < -0.4 is 11.1 Å². The molecule has 18 heavy (non-hydrogen) atoms. The Labute approximate surface area is 112 Å². The molecular weight excluding hydrogens is 246 g/mol. The molecule has 0 aliphatic heterocycles. The number of hydrogen-bond donors (Lipinski definition) is 2. The van der Waals surface area contributed by atoms with E-state index in [4.69, 9.17) is 17.3 Å². The van der Waals surface area contributed by atoms with Gasteiger partial charge in [-0.25, -0.2) is 0 Å². The van der Waals surface area contributed by atoms with Crippen molar-refractivity contribution >= 4 is 17.3 Å². The number of aromatic nitrogens is 1. The molecule has 0 bridgehead atoms. The molecule has 0 fully saturated rings.